The van der Waals surface area contributed by atoms with Crippen LogP contribution in [0.15, 0.2) is 52.9 Å². The molecule has 4 heteroatoms. The molecule has 0 bridgehead atoms. The number of pyridine rings is 1. The third-order valence-electron chi connectivity index (χ3n) is 3.85. The zero-order chi connectivity index (χ0) is 14.4. The SMILES string of the molecule is CSc1c(-c2cccs2)cnc2c1c1ccccc1n2C. The van der Waals surface area contributed by atoms with Crippen LogP contribution in [0.5, 0.6) is 0 Å². The first-order chi connectivity index (χ1) is 10.3. The number of para-hydroxylation sites is 1. The average Bonchev–Trinajstić information content (AvgIpc) is 3.15. The Labute approximate surface area is 131 Å². The normalized spacial score (nSPS) is 11.5. The number of hydrogen-bond acceptors (Lipinski definition) is 3. The molecule has 0 unspecified atom stereocenters. The minimum absolute atomic E-state index is 1.06. The van der Waals surface area contributed by atoms with Crippen molar-refractivity contribution in [3.8, 4) is 10.4 Å². The monoisotopic (exact) mass is 310 g/mol. The predicted molar refractivity (Wildman–Crippen MR) is 93.3 cm³/mol. The molecule has 0 saturated carbocycles. The minimum atomic E-state index is 1.06. The van der Waals surface area contributed by atoms with Crippen LogP contribution in [-0.4, -0.2) is 15.8 Å². The van der Waals surface area contributed by atoms with Crippen molar-refractivity contribution in [2.24, 2.45) is 7.05 Å². The Morgan fingerprint density at radius 2 is 2.00 bits per heavy atom. The maximum Gasteiger partial charge on any atom is 0.141 e. The molecule has 3 heterocycles. The van der Waals surface area contributed by atoms with Crippen LogP contribution in [-0.2, 0) is 7.05 Å². The number of aryl methyl sites for hydroxylation is 1. The lowest BCUT2D eigenvalue weighted by atomic mass is 10.1. The second-order valence-corrected chi connectivity index (χ2v) is 6.72. The van der Waals surface area contributed by atoms with Crippen molar-refractivity contribution in [1.29, 1.82) is 0 Å². The highest BCUT2D eigenvalue weighted by atomic mass is 32.2. The largest absolute Gasteiger partial charge is 0.328 e. The van der Waals surface area contributed by atoms with Gasteiger partial charge in [0, 0.05) is 39.4 Å². The molecular formula is C17H14N2S2. The van der Waals surface area contributed by atoms with Crippen molar-refractivity contribution in [2.75, 3.05) is 6.26 Å². The summed E-state index contributed by atoms with van der Waals surface area (Å²) in [5.74, 6) is 0. The van der Waals surface area contributed by atoms with E-state index in [1.165, 1.54) is 31.6 Å². The standard InChI is InChI=1S/C17H14N2S2/c1-19-13-7-4-3-6-11(13)15-16(20-2)12(10-18-17(15)19)14-8-5-9-21-14/h3-10H,1-2H3. The number of thiophene rings is 1. The van der Waals surface area contributed by atoms with Crippen LogP contribution in [0.3, 0.4) is 0 Å². The van der Waals surface area contributed by atoms with Crippen LogP contribution in [0.1, 0.15) is 0 Å². The van der Waals surface area contributed by atoms with E-state index in [9.17, 15) is 0 Å². The fourth-order valence-corrected chi connectivity index (χ4v) is 4.49. The van der Waals surface area contributed by atoms with E-state index in [2.05, 4.69) is 59.6 Å². The highest BCUT2D eigenvalue weighted by Gasteiger charge is 2.16. The lowest BCUT2D eigenvalue weighted by Gasteiger charge is -2.07. The summed E-state index contributed by atoms with van der Waals surface area (Å²) in [4.78, 5) is 7.34. The van der Waals surface area contributed by atoms with E-state index < -0.39 is 0 Å². The minimum Gasteiger partial charge on any atom is -0.328 e. The second-order valence-electron chi connectivity index (χ2n) is 4.96. The van der Waals surface area contributed by atoms with Crippen molar-refractivity contribution in [3.63, 3.8) is 0 Å². The predicted octanol–water partition coefficient (Wildman–Crippen LogP) is 5.18. The van der Waals surface area contributed by atoms with Gasteiger partial charge < -0.3 is 4.57 Å². The number of fused-ring (bicyclic) bond motifs is 3. The third-order valence-corrected chi connectivity index (χ3v) is 5.59. The summed E-state index contributed by atoms with van der Waals surface area (Å²) < 4.78 is 2.18. The molecule has 0 aliphatic heterocycles. The van der Waals surface area contributed by atoms with Crippen molar-refractivity contribution in [1.82, 2.24) is 9.55 Å². The van der Waals surface area contributed by atoms with Gasteiger partial charge in [-0.25, -0.2) is 4.98 Å². The Morgan fingerprint density at radius 3 is 2.76 bits per heavy atom. The molecular weight excluding hydrogens is 296 g/mol. The number of benzene rings is 1. The number of aromatic nitrogens is 2. The fourth-order valence-electron chi connectivity index (χ4n) is 2.89. The summed E-state index contributed by atoms with van der Waals surface area (Å²) in [5.41, 5.74) is 3.53. The number of rotatable bonds is 2. The van der Waals surface area contributed by atoms with Gasteiger partial charge in [-0.2, -0.15) is 0 Å². The first kappa shape index (κ1) is 12.9. The van der Waals surface area contributed by atoms with E-state index >= 15 is 0 Å². The molecule has 0 atom stereocenters. The highest BCUT2D eigenvalue weighted by Crippen LogP contribution is 2.40. The van der Waals surface area contributed by atoms with Gasteiger partial charge in [-0.3, -0.25) is 0 Å². The summed E-state index contributed by atoms with van der Waals surface area (Å²) in [6.45, 7) is 0. The number of thioether (sulfide) groups is 1. The zero-order valence-electron chi connectivity index (χ0n) is 11.8. The van der Waals surface area contributed by atoms with Gasteiger partial charge in [0.25, 0.3) is 0 Å². The van der Waals surface area contributed by atoms with Gasteiger partial charge >= 0.3 is 0 Å². The van der Waals surface area contributed by atoms with Crippen LogP contribution >= 0.6 is 23.1 Å². The molecule has 0 fully saturated rings. The Bertz CT molecular complexity index is 936. The molecule has 4 rings (SSSR count). The van der Waals surface area contributed by atoms with Gasteiger partial charge in [0.2, 0.25) is 0 Å². The number of hydrogen-bond donors (Lipinski definition) is 0. The molecule has 0 radical (unpaired) electrons. The van der Waals surface area contributed by atoms with Crippen molar-refractivity contribution >= 4 is 45.0 Å². The van der Waals surface area contributed by atoms with Crippen LogP contribution in [0.25, 0.3) is 32.4 Å². The Morgan fingerprint density at radius 1 is 1.14 bits per heavy atom. The van der Waals surface area contributed by atoms with Gasteiger partial charge in [0.05, 0.1) is 5.52 Å². The molecule has 0 N–H and O–H groups in total. The van der Waals surface area contributed by atoms with Crippen LogP contribution in [0, 0.1) is 0 Å². The molecule has 0 spiro atoms. The second kappa shape index (κ2) is 4.90. The van der Waals surface area contributed by atoms with Gasteiger partial charge in [-0.05, 0) is 23.8 Å². The maximum atomic E-state index is 4.74. The van der Waals surface area contributed by atoms with Crippen LogP contribution in [0.4, 0.5) is 0 Å². The molecule has 104 valence electrons. The zero-order valence-corrected chi connectivity index (χ0v) is 13.5. The van der Waals surface area contributed by atoms with E-state index in [1.807, 2.05) is 6.20 Å². The molecule has 0 aliphatic carbocycles. The number of nitrogens with zero attached hydrogens (tertiary/aromatic N) is 2. The highest BCUT2D eigenvalue weighted by molar-refractivity contribution is 7.99. The molecule has 21 heavy (non-hydrogen) atoms. The third kappa shape index (κ3) is 1.83. The van der Waals surface area contributed by atoms with E-state index in [-0.39, 0.29) is 0 Å². The molecule has 3 aromatic heterocycles. The average molecular weight is 310 g/mol. The maximum absolute atomic E-state index is 4.74. The first-order valence-electron chi connectivity index (χ1n) is 6.75. The molecule has 0 aliphatic rings. The van der Waals surface area contributed by atoms with E-state index in [0.717, 1.165) is 5.65 Å². The Kier molecular flexibility index (Phi) is 3.01. The van der Waals surface area contributed by atoms with Crippen molar-refractivity contribution in [2.45, 2.75) is 4.90 Å². The molecule has 0 saturated heterocycles. The van der Waals surface area contributed by atoms with Crippen LogP contribution in [0.2, 0.25) is 0 Å². The van der Waals surface area contributed by atoms with Gasteiger partial charge in [-0.1, -0.05) is 24.3 Å². The van der Waals surface area contributed by atoms with Gasteiger partial charge in [-0.15, -0.1) is 23.1 Å². The molecule has 0 amide bonds. The smallest absolute Gasteiger partial charge is 0.141 e. The van der Waals surface area contributed by atoms with Crippen LogP contribution < -0.4 is 0 Å². The Balaban J connectivity index is 2.19. The quantitative estimate of drug-likeness (QED) is 0.475. The summed E-state index contributed by atoms with van der Waals surface area (Å²) in [6, 6.07) is 12.8. The summed E-state index contributed by atoms with van der Waals surface area (Å²) >= 11 is 3.57. The lowest BCUT2D eigenvalue weighted by Crippen LogP contribution is -1.91. The topological polar surface area (TPSA) is 17.8 Å². The fraction of sp³-hybridized carbons (Fsp3) is 0.118. The van der Waals surface area contributed by atoms with E-state index in [4.69, 9.17) is 4.98 Å². The molecule has 4 aromatic rings. The summed E-state index contributed by atoms with van der Waals surface area (Å²) in [7, 11) is 2.09. The lowest BCUT2D eigenvalue weighted by molar-refractivity contribution is 0.988. The van der Waals surface area contributed by atoms with Gasteiger partial charge in [0.15, 0.2) is 0 Å². The van der Waals surface area contributed by atoms with Gasteiger partial charge in [0.1, 0.15) is 5.65 Å². The van der Waals surface area contributed by atoms with Crippen molar-refractivity contribution < 1.29 is 0 Å². The molecule has 2 nitrogen and oxygen atoms in total. The first-order valence-corrected chi connectivity index (χ1v) is 8.85. The summed E-state index contributed by atoms with van der Waals surface area (Å²) in [5, 5.41) is 4.67. The Hall–Kier alpha value is -1.78. The summed E-state index contributed by atoms with van der Waals surface area (Å²) in [6.07, 6.45) is 4.16. The van der Waals surface area contributed by atoms with E-state index in [1.54, 1.807) is 23.1 Å². The van der Waals surface area contributed by atoms with E-state index in [0.29, 0.717) is 0 Å². The molecule has 1 aromatic carbocycles. The van der Waals surface area contributed by atoms with Crippen molar-refractivity contribution in [3.05, 3.63) is 48.0 Å².